The molecule has 0 saturated carbocycles. The van der Waals surface area contributed by atoms with E-state index in [1.54, 1.807) is 0 Å². The minimum Gasteiger partial charge on any atom is -0.380 e. The van der Waals surface area contributed by atoms with Crippen molar-refractivity contribution >= 4 is 17.5 Å². The molecule has 1 unspecified atom stereocenters. The number of amidine groups is 1. The van der Waals surface area contributed by atoms with Crippen molar-refractivity contribution in [3.8, 4) is 0 Å². The Labute approximate surface area is 85.5 Å². The van der Waals surface area contributed by atoms with Crippen molar-refractivity contribution in [3.05, 3.63) is 10.4 Å². The van der Waals surface area contributed by atoms with Gasteiger partial charge in [-0.1, -0.05) is 5.11 Å². The number of rotatable bonds is 2. The molecule has 2 heterocycles. The van der Waals surface area contributed by atoms with Crippen molar-refractivity contribution in [1.29, 1.82) is 0 Å². The number of aliphatic imine (C=N–C) groups is 2. The second-order valence-electron chi connectivity index (χ2n) is 3.24. The predicted octanol–water partition coefficient (Wildman–Crippen LogP) is 0.713. The molecule has 1 amide bonds. The first kappa shape index (κ1) is 9.82. The average molecular weight is 207 g/mol. The Bertz CT molecular complexity index is 394. The highest BCUT2D eigenvalue weighted by Crippen LogP contribution is 2.17. The van der Waals surface area contributed by atoms with Crippen LogP contribution in [-0.2, 0) is 9.53 Å². The van der Waals surface area contributed by atoms with Crippen molar-refractivity contribution in [2.24, 2.45) is 21.0 Å². The van der Waals surface area contributed by atoms with Gasteiger partial charge >= 0.3 is 0 Å². The Morgan fingerprint density at radius 3 is 3.27 bits per heavy atom. The molecule has 78 valence electrons. The van der Waals surface area contributed by atoms with E-state index in [9.17, 15) is 4.79 Å². The molecule has 2 rings (SSSR count). The van der Waals surface area contributed by atoms with Crippen LogP contribution in [0.15, 0.2) is 15.1 Å². The van der Waals surface area contributed by atoms with E-state index >= 15 is 0 Å². The molecule has 7 nitrogen and oxygen atoms in total. The Morgan fingerprint density at radius 1 is 1.60 bits per heavy atom. The van der Waals surface area contributed by atoms with E-state index in [4.69, 9.17) is 10.3 Å². The lowest BCUT2D eigenvalue weighted by atomic mass is 9.97. The second-order valence-corrected chi connectivity index (χ2v) is 3.24. The number of carbonyl (C=O) groups excluding carboxylic acids is 1. The summed E-state index contributed by atoms with van der Waals surface area (Å²) in [6.07, 6.45) is 0.645. The van der Waals surface area contributed by atoms with Crippen LogP contribution in [0.3, 0.4) is 0 Å². The maximum absolute atomic E-state index is 11.5. The van der Waals surface area contributed by atoms with E-state index in [1.807, 2.05) is 0 Å². The first-order valence-electron chi connectivity index (χ1n) is 4.58. The summed E-state index contributed by atoms with van der Waals surface area (Å²) in [4.78, 5) is 22.1. The summed E-state index contributed by atoms with van der Waals surface area (Å²) in [7, 11) is 0. The first-order valence-corrected chi connectivity index (χ1v) is 4.58. The van der Waals surface area contributed by atoms with Gasteiger partial charge in [0.05, 0.1) is 19.8 Å². The zero-order valence-electron chi connectivity index (χ0n) is 7.96. The maximum atomic E-state index is 11.5. The maximum Gasteiger partial charge on any atom is 0.258 e. The molecular formula is C8H9N5O2. The molecule has 0 aromatic heterocycles. The number of hydrogen-bond donors (Lipinski definition) is 0. The molecule has 15 heavy (non-hydrogen) atoms. The van der Waals surface area contributed by atoms with Gasteiger partial charge in [-0.15, -0.1) is 0 Å². The number of amides is 1. The monoisotopic (exact) mass is 207 g/mol. The lowest BCUT2D eigenvalue weighted by molar-refractivity contribution is -0.121. The van der Waals surface area contributed by atoms with Gasteiger partial charge in [0.25, 0.3) is 5.91 Å². The summed E-state index contributed by atoms with van der Waals surface area (Å²) in [6.45, 7) is 0.965. The zero-order chi connectivity index (χ0) is 10.7. The summed E-state index contributed by atoms with van der Waals surface area (Å²) < 4.78 is 5.17. The molecule has 0 aromatic carbocycles. The molecule has 0 bridgehead atoms. The van der Waals surface area contributed by atoms with Gasteiger partial charge in [-0.25, -0.2) is 4.99 Å². The van der Waals surface area contributed by atoms with Crippen LogP contribution in [0.4, 0.5) is 0 Å². The van der Waals surface area contributed by atoms with Gasteiger partial charge in [-0.05, 0) is 5.53 Å². The van der Waals surface area contributed by atoms with E-state index in [0.29, 0.717) is 25.5 Å². The fourth-order valence-corrected chi connectivity index (χ4v) is 1.56. The smallest absolute Gasteiger partial charge is 0.258 e. The van der Waals surface area contributed by atoms with Crippen molar-refractivity contribution in [2.45, 2.75) is 6.42 Å². The third kappa shape index (κ3) is 2.03. The van der Waals surface area contributed by atoms with Gasteiger partial charge in [0, 0.05) is 17.0 Å². The predicted molar refractivity (Wildman–Crippen MR) is 52.8 cm³/mol. The van der Waals surface area contributed by atoms with Crippen LogP contribution < -0.4 is 0 Å². The van der Waals surface area contributed by atoms with E-state index in [-0.39, 0.29) is 18.4 Å². The van der Waals surface area contributed by atoms with Crippen LogP contribution in [0.25, 0.3) is 10.4 Å². The lowest BCUT2D eigenvalue weighted by Gasteiger charge is -2.24. The van der Waals surface area contributed by atoms with Gasteiger partial charge < -0.3 is 4.74 Å². The number of nitrogens with zero attached hydrogens (tertiary/aromatic N) is 5. The van der Waals surface area contributed by atoms with E-state index in [1.165, 1.54) is 0 Å². The second kappa shape index (κ2) is 4.20. The number of hydrogen-bond acceptors (Lipinski definition) is 4. The highest BCUT2D eigenvalue weighted by Gasteiger charge is 2.31. The highest BCUT2D eigenvalue weighted by molar-refractivity contribution is 6.16. The van der Waals surface area contributed by atoms with Crippen LogP contribution in [0.5, 0.6) is 0 Å². The highest BCUT2D eigenvalue weighted by atomic mass is 16.5. The van der Waals surface area contributed by atoms with Crippen molar-refractivity contribution < 1.29 is 9.53 Å². The molecule has 2 aliphatic rings. The Morgan fingerprint density at radius 2 is 2.47 bits per heavy atom. The van der Waals surface area contributed by atoms with Gasteiger partial charge in [0.1, 0.15) is 11.8 Å². The van der Waals surface area contributed by atoms with Crippen molar-refractivity contribution in [1.82, 2.24) is 0 Å². The minimum atomic E-state index is -0.325. The third-order valence-corrected chi connectivity index (χ3v) is 2.27. The molecular weight excluding hydrogens is 198 g/mol. The first-order chi connectivity index (χ1) is 7.31. The van der Waals surface area contributed by atoms with E-state index in [2.05, 4.69) is 20.0 Å². The lowest BCUT2D eigenvalue weighted by Crippen LogP contribution is -2.37. The molecule has 1 saturated heterocycles. The van der Waals surface area contributed by atoms with Crippen LogP contribution in [-0.4, -0.2) is 37.2 Å². The third-order valence-electron chi connectivity index (χ3n) is 2.27. The minimum absolute atomic E-state index is 0.0271. The summed E-state index contributed by atoms with van der Waals surface area (Å²) >= 11 is 0. The summed E-state index contributed by atoms with van der Waals surface area (Å²) in [5.74, 6) is -0.276. The van der Waals surface area contributed by atoms with Crippen LogP contribution in [0.2, 0.25) is 0 Å². The number of ether oxygens (including phenoxy) is 1. The van der Waals surface area contributed by atoms with Crippen molar-refractivity contribution in [2.75, 3.05) is 19.8 Å². The van der Waals surface area contributed by atoms with E-state index in [0.717, 1.165) is 5.71 Å². The number of azide groups is 1. The van der Waals surface area contributed by atoms with Crippen LogP contribution in [0.1, 0.15) is 6.42 Å². The normalized spacial score (nSPS) is 24.8. The van der Waals surface area contributed by atoms with E-state index < -0.39 is 0 Å². The van der Waals surface area contributed by atoms with Gasteiger partial charge in [0.15, 0.2) is 0 Å². The summed E-state index contributed by atoms with van der Waals surface area (Å²) in [5, 5.41) is 3.33. The molecule has 0 N–H and O–H groups in total. The quantitative estimate of drug-likeness (QED) is 0.378. The summed E-state index contributed by atoms with van der Waals surface area (Å²) in [6, 6.07) is 0. The van der Waals surface area contributed by atoms with Gasteiger partial charge in [0.2, 0.25) is 0 Å². The zero-order valence-corrected chi connectivity index (χ0v) is 7.96. The SMILES string of the molecule is [N-]=[N+]=NCC1=NC(=O)C2COCCC2=N1. The molecule has 0 spiro atoms. The van der Waals surface area contributed by atoms with Gasteiger partial charge in [-0.3, -0.25) is 4.79 Å². The Kier molecular flexibility index (Phi) is 2.75. The molecule has 0 radical (unpaired) electrons. The molecule has 0 aliphatic carbocycles. The Balaban J connectivity index is 2.19. The van der Waals surface area contributed by atoms with Crippen LogP contribution in [0, 0.1) is 5.92 Å². The number of fused-ring (bicyclic) bond motifs is 1. The molecule has 0 aromatic rings. The molecule has 2 aliphatic heterocycles. The van der Waals surface area contributed by atoms with Gasteiger partial charge in [-0.2, -0.15) is 4.99 Å². The fourth-order valence-electron chi connectivity index (χ4n) is 1.56. The average Bonchev–Trinajstić information content (AvgIpc) is 2.26. The summed E-state index contributed by atoms with van der Waals surface area (Å²) in [5.41, 5.74) is 8.94. The largest absolute Gasteiger partial charge is 0.380 e. The number of carbonyl (C=O) groups is 1. The topological polar surface area (TPSA) is 99.8 Å². The van der Waals surface area contributed by atoms with Crippen LogP contribution >= 0.6 is 0 Å². The van der Waals surface area contributed by atoms with Crippen molar-refractivity contribution in [3.63, 3.8) is 0 Å². The molecule has 1 atom stereocenters. The fraction of sp³-hybridized carbons (Fsp3) is 0.625. The molecule has 1 fully saturated rings. The Hall–Kier alpha value is -1.72. The molecule has 7 heteroatoms. The standard InChI is InChI=1S/C8H9N5O2/c9-13-10-3-7-11-6-1-2-15-4-5(6)8(14)12-7/h5H,1-4H2.